The van der Waals surface area contributed by atoms with Gasteiger partial charge in [-0.1, -0.05) is 46.7 Å². The van der Waals surface area contributed by atoms with Gasteiger partial charge in [-0.15, -0.1) is 11.8 Å². The molecule has 2 saturated carbocycles. The number of nitrogens with zero attached hydrogens (tertiary/aromatic N) is 1. The van der Waals surface area contributed by atoms with E-state index >= 15 is 0 Å². The molecule has 3 fully saturated rings. The van der Waals surface area contributed by atoms with Crippen molar-refractivity contribution in [3.8, 4) is 11.5 Å². The molecule has 7 atom stereocenters. The summed E-state index contributed by atoms with van der Waals surface area (Å²) < 4.78 is 11.8. The Morgan fingerprint density at radius 3 is 2.55 bits per heavy atom. The number of thiazole rings is 1. The van der Waals surface area contributed by atoms with Crippen molar-refractivity contribution < 1.29 is 29.0 Å². The number of imide groups is 1. The van der Waals surface area contributed by atoms with Crippen molar-refractivity contribution in [2.45, 2.75) is 29.2 Å². The number of carboxylic acid groups (broad SMARTS) is 1. The maximum atomic E-state index is 13.4. The Hall–Kier alpha value is -2.99. The maximum Gasteiger partial charge on any atom is 0.323 e. The second-order valence-corrected chi connectivity index (χ2v) is 14.1. The Bertz CT molecular complexity index is 1710. The predicted molar refractivity (Wildman–Crippen MR) is 157 cm³/mol. The van der Waals surface area contributed by atoms with Gasteiger partial charge in [-0.25, -0.2) is 0 Å². The van der Waals surface area contributed by atoms with Crippen LogP contribution in [0, 0.1) is 29.6 Å². The highest BCUT2D eigenvalue weighted by atomic mass is 35.5. The minimum Gasteiger partial charge on any atom is -0.493 e. The van der Waals surface area contributed by atoms with E-state index in [1.165, 1.54) is 0 Å². The van der Waals surface area contributed by atoms with Crippen molar-refractivity contribution in [1.29, 1.82) is 0 Å². The smallest absolute Gasteiger partial charge is 0.323 e. The average molecular weight is 648 g/mol. The second kappa shape index (κ2) is 10.3. The molecule has 4 aliphatic rings. The zero-order valence-corrected chi connectivity index (χ0v) is 25.2. The van der Waals surface area contributed by atoms with Gasteiger partial charge in [0.25, 0.3) is 0 Å². The Kier molecular flexibility index (Phi) is 6.84. The molecule has 9 nitrogen and oxygen atoms in total. The normalized spacial score (nSPS) is 28.9. The molecule has 3 aromatic rings. The lowest BCUT2D eigenvalue weighted by Crippen LogP contribution is -2.42. The Labute approximate surface area is 258 Å². The minimum absolute atomic E-state index is 0.00510. The number of H-pyrrole nitrogens is 1. The highest BCUT2D eigenvalue weighted by molar-refractivity contribution is 8.00. The van der Waals surface area contributed by atoms with E-state index in [0.717, 1.165) is 37.3 Å². The first-order valence-corrected chi connectivity index (χ1v) is 15.8. The molecular weight excluding hydrogens is 623 g/mol. The summed E-state index contributed by atoms with van der Waals surface area (Å²) in [6.07, 6.45) is 0.714. The highest BCUT2D eigenvalue weighted by Crippen LogP contribution is 2.68. The van der Waals surface area contributed by atoms with E-state index in [4.69, 9.17) is 32.7 Å². The number of aliphatic carboxylic acids is 1. The summed E-state index contributed by atoms with van der Waals surface area (Å²) in [5, 5.41) is 11.1. The summed E-state index contributed by atoms with van der Waals surface area (Å²) in [6, 6.07) is 10.9. The Morgan fingerprint density at radius 2 is 1.83 bits per heavy atom. The van der Waals surface area contributed by atoms with Crippen LogP contribution in [0.5, 0.6) is 11.5 Å². The van der Waals surface area contributed by atoms with Gasteiger partial charge in [-0.3, -0.25) is 24.1 Å². The number of nitrogens with one attached hydrogen (secondary N) is 1. The number of methoxy groups -OCH3 is 1. The van der Waals surface area contributed by atoms with Crippen LogP contribution < -0.4 is 14.3 Å². The van der Waals surface area contributed by atoms with Crippen LogP contribution in [0.15, 0.2) is 46.2 Å². The fourth-order valence-corrected chi connectivity index (χ4v) is 10.9. The zero-order chi connectivity index (χ0) is 29.4. The number of carboxylic acids is 1. The molecule has 2 bridgehead atoms. The van der Waals surface area contributed by atoms with Gasteiger partial charge in [0.1, 0.15) is 13.2 Å². The number of rotatable bonds is 7. The fraction of sp³-hybridized carbons (Fsp3) is 0.379. The van der Waals surface area contributed by atoms with E-state index in [-0.39, 0.29) is 46.3 Å². The van der Waals surface area contributed by atoms with E-state index in [1.54, 1.807) is 37.1 Å². The van der Waals surface area contributed by atoms with Gasteiger partial charge in [0.05, 0.1) is 24.0 Å². The predicted octanol–water partition coefficient (Wildman–Crippen LogP) is 4.89. The molecule has 2 N–H and O–H groups in total. The molecule has 2 amide bonds. The number of hydrogen-bond acceptors (Lipinski definition) is 8. The number of aromatic nitrogens is 1. The number of aromatic amines is 1. The molecule has 0 spiro atoms. The van der Waals surface area contributed by atoms with Crippen LogP contribution in [0.2, 0.25) is 10.0 Å². The molecule has 3 heterocycles. The molecule has 2 aromatic carbocycles. The molecule has 0 unspecified atom stereocenters. The van der Waals surface area contributed by atoms with Crippen LogP contribution in [0.25, 0.3) is 0 Å². The minimum atomic E-state index is -1.21. The number of fused-ring (bicyclic) bond motifs is 9. The monoisotopic (exact) mass is 646 g/mol. The van der Waals surface area contributed by atoms with Crippen LogP contribution in [0.1, 0.15) is 28.3 Å². The zero-order valence-electron chi connectivity index (χ0n) is 22.0. The SMILES string of the molecule is COc1cc([C@@H]2c3sc(=O)[nH]c3S[C@@H]3[C@H]4C[C@@H]([C@@H]5C(=O)N(CC(=O)O)C(=O)[C@H]45)[C@H]23)ccc1OCc1ccc(Cl)cc1Cl. The third-order valence-electron chi connectivity index (χ3n) is 9.05. The summed E-state index contributed by atoms with van der Waals surface area (Å²) in [4.78, 5) is 55.2. The average Bonchev–Trinajstić information content (AvgIpc) is 3.68. The van der Waals surface area contributed by atoms with E-state index in [9.17, 15) is 24.3 Å². The van der Waals surface area contributed by atoms with Crippen molar-refractivity contribution in [1.82, 2.24) is 9.88 Å². The largest absolute Gasteiger partial charge is 0.493 e. The third kappa shape index (κ3) is 4.27. The summed E-state index contributed by atoms with van der Waals surface area (Å²) in [7, 11) is 1.56. The van der Waals surface area contributed by atoms with Gasteiger partial charge in [-0.05, 0) is 54.0 Å². The summed E-state index contributed by atoms with van der Waals surface area (Å²) in [6.45, 7) is -0.410. The molecule has 2 aliphatic carbocycles. The van der Waals surface area contributed by atoms with Gasteiger partial charge >= 0.3 is 10.8 Å². The summed E-state index contributed by atoms with van der Waals surface area (Å²) in [5.74, 6) is -2.45. The first kappa shape index (κ1) is 27.8. The first-order chi connectivity index (χ1) is 20.2. The number of likely N-dealkylation sites (tertiary alicyclic amines) is 1. The van der Waals surface area contributed by atoms with Gasteiger partial charge in [0.2, 0.25) is 11.8 Å². The van der Waals surface area contributed by atoms with Crippen LogP contribution in [-0.4, -0.2) is 51.7 Å². The fourth-order valence-electron chi connectivity index (χ4n) is 7.53. The van der Waals surface area contributed by atoms with Crippen molar-refractivity contribution in [2.24, 2.45) is 29.6 Å². The molecule has 0 radical (unpaired) electrons. The summed E-state index contributed by atoms with van der Waals surface area (Å²) >= 11 is 15.1. The number of halogens is 2. The van der Waals surface area contributed by atoms with Crippen molar-refractivity contribution in [3.05, 3.63) is 72.1 Å². The molecule has 13 heteroatoms. The summed E-state index contributed by atoms with van der Waals surface area (Å²) in [5.41, 5.74) is 1.68. The quantitative estimate of drug-likeness (QED) is 0.348. The van der Waals surface area contributed by atoms with E-state index in [2.05, 4.69) is 4.98 Å². The van der Waals surface area contributed by atoms with E-state index in [0.29, 0.717) is 28.0 Å². The van der Waals surface area contributed by atoms with E-state index < -0.39 is 30.3 Å². The molecular formula is C29H24Cl2N2O7S2. The molecule has 2 aliphatic heterocycles. The first-order valence-electron chi connectivity index (χ1n) is 13.4. The number of ether oxygens (including phenoxy) is 2. The second-order valence-electron chi connectivity index (χ2n) is 11.1. The molecule has 42 heavy (non-hydrogen) atoms. The topological polar surface area (TPSA) is 126 Å². The number of benzene rings is 2. The Morgan fingerprint density at radius 1 is 1.07 bits per heavy atom. The van der Waals surface area contributed by atoms with Gasteiger partial charge in [-0.2, -0.15) is 0 Å². The molecule has 7 rings (SSSR count). The van der Waals surface area contributed by atoms with Crippen LogP contribution in [0.4, 0.5) is 0 Å². The number of carbonyl (C=O) groups excluding carboxylic acids is 2. The van der Waals surface area contributed by atoms with Gasteiger partial charge in [0, 0.05) is 31.7 Å². The number of hydrogen-bond donors (Lipinski definition) is 2. The Balaban J connectivity index is 1.24. The third-order valence-corrected chi connectivity index (χ3v) is 12.2. The van der Waals surface area contributed by atoms with Gasteiger partial charge in [0.15, 0.2) is 11.5 Å². The lowest BCUT2D eigenvalue weighted by Gasteiger charge is -2.43. The van der Waals surface area contributed by atoms with Crippen molar-refractivity contribution >= 4 is 64.1 Å². The number of thioether (sulfide) groups is 1. The highest BCUT2D eigenvalue weighted by Gasteiger charge is 2.69. The van der Waals surface area contributed by atoms with Crippen LogP contribution in [0.3, 0.4) is 0 Å². The lowest BCUT2D eigenvalue weighted by atomic mass is 9.68. The number of amides is 2. The molecule has 218 valence electrons. The molecule has 1 aromatic heterocycles. The van der Waals surface area contributed by atoms with Crippen molar-refractivity contribution in [2.75, 3.05) is 13.7 Å². The molecule has 1 saturated heterocycles. The lowest BCUT2D eigenvalue weighted by molar-refractivity contribution is -0.149. The van der Waals surface area contributed by atoms with Gasteiger partial charge < -0.3 is 19.6 Å². The van der Waals surface area contributed by atoms with Crippen LogP contribution in [-0.2, 0) is 21.0 Å². The van der Waals surface area contributed by atoms with Crippen molar-refractivity contribution in [3.63, 3.8) is 0 Å². The number of carbonyl (C=O) groups is 3. The van der Waals surface area contributed by atoms with Crippen LogP contribution >= 0.6 is 46.3 Å². The standard InChI is InChI=1S/C29H24Cl2N2O7S2/c1-39-18-6-11(3-5-17(18)40-10-12-2-4-13(30)7-16(12)31)20-21-14-8-15(24(21)41-26-25(20)42-29(38)32-26)23-22(14)27(36)33(28(23)37)9-19(34)35/h2-7,14-15,20-24H,8-10H2,1H3,(H,32,38)(H,34,35)/t14-,15+,20+,21-,22+,23-,24-/m1/s1. The van der Waals surface area contributed by atoms with E-state index in [1.807, 2.05) is 18.2 Å². The maximum absolute atomic E-state index is 13.4.